The lowest BCUT2D eigenvalue weighted by atomic mass is 10.0. The summed E-state index contributed by atoms with van der Waals surface area (Å²) in [5.74, 6) is -0.417. The molecule has 57 valence electrons. The molecule has 0 bridgehead atoms. The Hall–Kier alpha value is -0.860. The summed E-state index contributed by atoms with van der Waals surface area (Å²) in [6, 6.07) is 0. The molecule has 1 radical (unpaired) electrons. The van der Waals surface area contributed by atoms with Gasteiger partial charge in [0, 0.05) is 12.3 Å². The van der Waals surface area contributed by atoms with Crippen molar-refractivity contribution in [3.05, 3.63) is 0 Å². The third kappa shape index (κ3) is 4.06. The molecule has 1 atom stereocenters. The molecule has 0 heterocycles. The largest absolute Gasteiger partial charge is 0.369 e. The molecule has 1 amide bonds. The normalized spacial score (nSPS) is 12.5. The van der Waals surface area contributed by atoms with Gasteiger partial charge in [-0.2, -0.15) is 0 Å². The molecule has 0 aromatic rings. The van der Waals surface area contributed by atoms with Crippen LogP contribution in [-0.4, -0.2) is 12.2 Å². The van der Waals surface area contributed by atoms with Gasteiger partial charge in [-0.25, -0.2) is 0 Å². The van der Waals surface area contributed by atoms with E-state index in [0.717, 1.165) is 0 Å². The Morgan fingerprint density at radius 3 is 2.70 bits per heavy atom. The second-order valence-corrected chi connectivity index (χ2v) is 2.34. The van der Waals surface area contributed by atoms with Crippen LogP contribution in [0.3, 0.4) is 0 Å². The molecule has 1 unspecified atom stereocenters. The highest BCUT2D eigenvalue weighted by Gasteiger charge is 2.06. The number of amides is 1. The molecule has 0 saturated carbocycles. The first-order valence-corrected chi connectivity index (χ1v) is 3.32. The van der Waals surface area contributed by atoms with Crippen LogP contribution < -0.4 is 5.73 Å². The summed E-state index contributed by atoms with van der Waals surface area (Å²) in [4.78, 5) is 20.1. The number of hydrogen-bond acceptors (Lipinski definition) is 2. The van der Waals surface area contributed by atoms with Gasteiger partial charge < -0.3 is 5.73 Å². The first-order valence-electron chi connectivity index (χ1n) is 3.32. The molecule has 3 heteroatoms. The molecule has 2 N–H and O–H groups in total. The second-order valence-electron chi connectivity index (χ2n) is 2.34. The lowest BCUT2D eigenvalue weighted by Crippen LogP contribution is -2.20. The number of unbranched alkanes of at least 4 members (excludes halogenated alkanes) is 1. The Kier molecular flexibility index (Phi) is 4.54. The van der Waals surface area contributed by atoms with Crippen LogP contribution in [-0.2, 0) is 9.59 Å². The van der Waals surface area contributed by atoms with E-state index < -0.39 is 0 Å². The summed E-state index contributed by atoms with van der Waals surface area (Å²) < 4.78 is 0. The summed E-state index contributed by atoms with van der Waals surface area (Å²) in [6.07, 6.45) is 3.55. The highest BCUT2D eigenvalue weighted by atomic mass is 16.1. The van der Waals surface area contributed by atoms with Gasteiger partial charge in [0.15, 0.2) is 6.29 Å². The second kappa shape index (κ2) is 4.97. The van der Waals surface area contributed by atoms with Gasteiger partial charge in [-0.15, -0.1) is 0 Å². The Morgan fingerprint density at radius 2 is 2.30 bits per heavy atom. The summed E-state index contributed by atoms with van der Waals surface area (Å²) in [6.45, 7) is 1.76. The topological polar surface area (TPSA) is 60.2 Å². The standard InChI is InChI=1S/C7H12NO2/c1-6(7(8)10)4-2-3-5-9/h6H,2-4H2,1H3,(H2,8,10). The van der Waals surface area contributed by atoms with Crippen molar-refractivity contribution in [3.63, 3.8) is 0 Å². The van der Waals surface area contributed by atoms with Gasteiger partial charge in [-0.1, -0.05) is 6.92 Å². The zero-order valence-electron chi connectivity index (χ0n) is 6.09. The molecule has 0 aromatic carbocycles. The maximum atomic E-state index is 10.4. The third-order valence-electron chi connectivity index (χ3n) is 1.40. The lowest BCUT2D eigenvalue weighted by molar-refractivity contribution is -0.121. The number of hydrogen-bond donors (Lipinski definition) is 1. The minimum Gasteiger partial charge on any atom is -0.369 e. The van der Waals surface area contributed by atoms with E-state index in [9.17, 15) is 9.59 Å². The minimum atomic E-state index is -0.300. The van der Waals surface area contributed by atoms with E-state index in [4.69, 9.17) is 5.73 Å². The molecular formula is C7H12NO2. The van der Waals surface area contributed by atoms with Crippen LogP contribution in [0.2, 0.25) is 0 Å². The van der Waals surface area contributed by atoms with Crippen molar-refractivity contribution in [3.8, 4) is 0 Å². The van der Waals surface area contributed by atoms with E-state index in [1.807, 2.05) is 0 Å². The summed E-state index contributed by atoms with van der Waals surface area (Å²) in [7, 11) is 0. The lowest BCUT2D eigenvalue weighted by Gasteiger charge is -2.02. The van der Waals surface area contributed by atoms with Gasteiger partial charge in [-0.05, 0) is 12.8 Å². The molecule has 0 aliphatic heterocycles. The van der Waals surface area contributed by atoms with Crippen LogP contribution in [0.4, 0.5) is 0 Å². The van der Waals surface area contributed by atoms with E-state index in [0.29, 0.717) is 19.3 Å². The highest BCUT2D eigenvalue weighted by Crippen LogP contribution is 2.04. The fraction of sp³-hybridized carbons (Fsp3) is 0.714. The van der Waals surface area contributed by atoms with Crippen molar-refractivity contribution in [2.75, 3.05) is 0 Å². The molecule has 3 nitrogen and oxygen atoms in total. The number of rotatable bonds is 5. The van der Waals surface area contributed by atoms with E-state index in [2.05, 4.69) is 0 Å². The zero-order valence-corrected chi connectivity index (χ0v) is 6.09. The van der Waals surface area contributed by atoms with E-state index >= 15 is 0 Å². The average Bonchev–Trinajstić information content (AvgIpc) is 1.88. The SMILES string of the molecule is CC(CCC[C]=O)C(N)=O. The number of primary amides is 1. The van der Waals surface area contributed by atoms with Crippen molar-refractivity contribution in [1.29, 1.82) is 0 Å². The molecule has 0 saturated heterocycles. The molecule has 0 rings (SSSR count). The quantitative estimate of drug-likeness (QED) is 0.564. The van der Waals surface area contributed by atoms with E-state index in [1.165, 1.54) is 0 Å². The summed E-state index contributed by atoms with van der Waals surface area (Å²) in [5, 5.41) is 0. The van der Waals surface area contributed by atoms with Gasteiger partial charge in [0.05, 0.1) is 0 Å². The van der Waals surface area contributed by atoms with E-state index in [-0.39, 0.29) is 11.8 Å². The monoisotopic (exact) mass is 142 g/mol. The Balaban J connectivity index is 3.30. The molecule has 0 aromatic heterocycles. The molecule has 0 aliphatic carbocycles. The predicted octanol–water partition coefficient (Wildman–Crippen LogP) is 0.388. The fourth-order valence-corrected chi connectivity index (χ4v) is 0.623. The van der Waals surface area contributed by atoms with Crippen LogP contribution in [0.25, 0.3) is 0 Å². The minimum absolute atomic E-state index is 0.117. The Morgan fingerprint density at radius 1 is 1.70 bits per heavy atom. The maximum absolute atomic E-state index is 10.4. The van der Waals surface area contributed by atoms with Gasteiger partial charge >= 0.3 is 0 Å². The number of nitrogens with two attached hydrogens (primary N) is 1. The van der Waals surface area contributed by atoms with Crippen LogP contribution in [0.5, 0.6) is 0 Å². The fourth-order valence-electron chi connectivity index (χ4n) is 0.623. The number of carbonyl (C=O) groups is 1. The first-order chi connectivity index (χ1) is 4.68. The van der Waals surface area contributed by atoms with Crippen molar-refractivity contribution in [2.45, 2.75) is 26.2 Å². The smallest absolute Gasteiger partial charge is 0.220 e. The van der Waals surface area contributed by atoms with Gasteiger partial charge in [0.25, 0.3) is 0 Å². The highest BCUT2D eigenvalue weighted by molar-refractivity contribution is 5.76. The van der Waals surface area contributed by atoms with Crippen molar-refractivity contribution < 1.29 is 9.59 Å². The van der Waals surface area contributed by atoms with Gasteiger partial charge in [0.2, 0.25) is 5.91 Å². The van der Waals surface area contributed by atoms with Crippen LogP contribution in [0.1, 0.15) is 26.2 Å². The zero-order chi connectivity index (χ0) is 7.98. The van der Waals surface area contributed by atoms with Gasteiger partial charge in [-0.3, -0.25) is 9.59 Å². The Bertz CT molecular complexity index is 123. The van der Waals surface area contributed by atoms with Crippen molar-refractivity contribution in [2.24, 2.45) is 11.7 Å². The Labute approximate surface area is 60.6 Å². The number of carbonyl (C=O) groups excluding carboxylic acids is 2. The summed E-state index contributed by atoms with van der Waals surface area (Å²) >= 11 is 0. The molecular weight excluding hydrogens is 130 g/mol. The first kappa shape index (κ1) is 9.14. The van der Waals surface area contributed by atoms with E-state index in [1.54, 1.807) is 13.2 Å². The van der Waals surface area contributed by atoms with Crippen LogP contribution in [0, 0.1) is 5.92 Å². The summed E-state index contributed by atoms with van der Waals surface area (Å²) in [5.41, 5.74) is 4.98. The molecule has 10 heavy (non-hydrogen) atoms. The van der Waals surface area contributed by atoms with Crippen molar-refractivity contribution >= 4 is 12.2 Å². The molecule has 0 spiro atoms. The van der Waals surface area contributed by atoms with Crippen molar-refractivity contribution in [1.82, 2.24) is 0 Å². The van der Waals surface area contributed by atoms with Gasteiger partial charge in [0.1, 0.15) is 0 Å². The van der Waals surface area contributed by atoms with Crippen LogP contribution >= 0.6 is 0 Å². The third-order valence-corrected chi connectivity index (χ3v) is 1.40. The predicted molar refractivity (Wildman–Crippen MR) is 37.9 cm³/mol. The van der Waals surface area contributed by atoms with Crippen LogP contribution in [0.15, 0.2) is 0 Å². The molecule has 0 aliphatic rings. The maximum Gasteiger partial charge on any atom is 0.220 e. The molecule has 0 fully saturated rings. The average molecular weight is 142 g/mol.